The van der Waals surface area contributed by atoms with Gasteiger partial charge >= 0.3 is 12.1 Å². The van der Waals surface area contributed by atoms with Gasteiger partial charge in [0.05, 0.1) is 0 Å². The van der Waals surface area contributed by atoms with E-state index >= 15 is 0 Å². The highest BCUT2D eigenvalue weighted by molar-refractivity contribution is 5.79. The topological polar surface area (TPSA) is 95.9 Å². The molecule has 34 heavy (non-hydrogen) atoms. The number of rotatable bonds is 12. The third-order valence-electron chi connectivity index (χ3n) is 6.30. The fourth-order valence-electron chi connectivity index (χ4n) is 4.45. The Kier molecular flexibility index (Phi) is 9.08. The van der Waals surface area contributed by atoms with Gasteiger partial charge in [0.25, 0.3) is 0 Å². The number of carboxylic acids is 1. The third-order valence-corrected chi connectivity index (χ3v) is 6.30. The second-order valence-electron chi connectivity index (χ2n) is 8.73. The van der Waals surface area contributed by atoms with Crippen LogP contribution in [0.4, 0.5) is 4.79 Å². The van der Waals surface area contributed by atoms with E-state index in [9.17, 15) is 14.4 Å². The molecule has 2 aromatic carbocycles. The number of hydrogen-bond acceptors (Lipinski definition) is 4. The highest BCUT2D eigenvalue weighted by Gasteiger charge is 2.29. The Morgan fingerprint density at radius 2 is 1.62 bits per heavy atom. The molecule has 1 unspecified atom stereocenters. The summed E-state index contributed by atoms with van der Waals surface area (Å²) in [7, 11) is 0. The lowest BCUT2D eigenvalue weighted by atomic mass is 9.98. The molecule has 0 aromatic heterocycles. The Morgan fingerprint density at radius 1 is 1.00 bits per heavy atom. The molecule has 0 fully saturated rings. The lowest BCUT2D eigenvalue weighted by molar-refractivity contribution is -0.137. The second-order valence-corrected chi connectivity index (χ2v) is 8.73. The maximum absolute atomic E-state index is 12.5. The molecule has 0 saturated heterocycles. The zero-order valence-corrected chi connectivity index (χ0v) is 20.0. The van der Waals surface area contributed by atoms with Gasteiger partial charge in [-0.2, -0.15) is 0 Å². The average molecular weight is 467 g/mol. The number of carbonyl (C=O) groups is 3. The summed E-state index contributed by atoms with van der Waals surface area (Å²) in [6, 6.07) is 16.2. The number of carbonyl (C=O) groups excluding carboxylic acids is 2. The molecule has 2 aromatic rings. The quantitative estimate of drug-likeness (QED) is 0.438. The van der Waals surface area contributed by atoms with Gasteiger partial charge in [-0.15, -0.1) is 0 Å². The largest absolute Gasteiger partial charge is 0.481 e. The number of fused-ring (bicyclic) bond motifs is 3. The van der Waals surface area contributed by atoms with Crippen LogP contribution in [0.2, 0.25) is 0 Å². The van der Waals surface area contributed by atoms with Crippen LogP contribution in [0.1, 0.15) is 63.0 Å². The summed E-state index contributed by atoms with van der Waals surface area (Å²) in [5.74, 6) is -0.796. The van der Waals surface area contributed by atoms with E-state index in [1.165, 1.54) is 11.1 Å². The number of aliphatic carboxylic acids is 1. The molecule has 7 nitrogen and oxygen atoms in total. The molecule has 1 aliphatic rings. The number of nitrogens with zero attached hydrogens (tertiary/aromatic N) is 1. The van der Waals surface area contributed by atoms with Crippen molar-refractivity contribution >= 4 is 18.0 Å². The Labute approximate surface area is 201 Å². The molecular formula is C27H34N2O5. The van der Waals surface area contributed by atoms with Crippen molar-refractivity contribution in [3.05, 3.63) is 59.7 Å². The summed E-state index contributed by atoms with van der Waals surface area (Å²) in [4.78, 5) is 37.3. The summed E-state index contributed by atoms with van der Waals surface area (Å²) in [5.41, 5.74) is 4.70. The van der Waals surface area contributed by atoms with E-state index in [0.29, 0.717) is 38.8 Å². The minimum atomic E-state index is -0.817. The van der Waals surface area contributed by atoms with Gasteiger partial charge in [0.1, 0.15) is 6.61 Å². The van der Waals surface area contributed by atoms with Gasteiger partial charge in [-0.1, -0.05) is 48.5 Å². The zero-order chi connectivity index (χ0) is 24.5. The molecule has 2 amide bonds. The van der Waals surface area contributed by atoms with Gasteiger partial charge in [-0.05, 0) is 55.4 Å². The van der Waals surface area contributed by atoms with Crippen molar-refractivity contribution in [2.75, 3.05) is 19.7 Å². The van der Waals surface area contributed by atoms with Crippen LogP contribution in [0.5, 0.6) is 0 Å². The lowest BCUT2D eigenvalue weighted by Gasteiger charge is -2.22. The van der Waals surface area contributed by atoms with Crippen LogP contribution < -0.4 is 5.32 Å². The molecule has 1 atom stereocenters. The van der Waals surface area contributed by atoms with Crippen LogP contribution in [0.3, 0.4) is 0 Å². The normalized spacial score (nSPS) is 13.0. The van der Waals surface area contributed by atoms with Crippen molar-refractivity contribution in [3.8, 4) is 11.1 Å². The third kappa shape index (κ3) is 6.59. The van der Waals surface area contributed by atoms with Gasteiger partial charge in [0.15, 0.2) is 0 Å². The molecule has 182 valence electrons. The Balaban J connectivity index is 1.43. The fourth-order valence-corrected chi connectivity index (χ4v) is 4.45. The first-order chi connectivity index (χ1) is 16.4. The molecule has 7 heteroatoms. The Morgan fingerprint density at radius 3 is 2.21 bits per heavy atom. The maximum atomic E-state index is 12.5. The van der Waals surface area contributed by atoms with Crippen molar-refractivity contribution in [1.29, 1.82) is 0 Å². The van der Waals surface area contributed by atoms with Crippen LogP contribution in [0.15, 0.2) is 48.5 Å². The zero-order valence-electron chi connectivity index (χ0n) is 20.0. The molecule has 0 bridgehead atoms. The Hall–Kier alpha value is -3.35. The first-order valence-electron chi connectivity index (χ1n) is 12.0. The number of benzene rings is 2. The molecule has 0 heterocycles. The van der Waals surface area contributed by atoms with Crippen molar-refractivity contribution in [3.63, 3.8) is 0 Å². The van der Waals surface area contributed by atoms with Gasteiger partial charge in [-0.25, -0.2) is 4.79 Å². The predicted molar refractivity (Wildman–Crippen MR) is 131 cm³/mol. The Bertz CT molecular complexity index is 961. The molecule has 0 radical (unpaired) electrons. The predicted octanol–water partition coefficient (Wildman–Crippen LogP) is 4.80. The van der Waals surface area contributed by atoms with E-state index in [0.717, 1.165) is 11.1 Å². The number of alkyl carbamates (subject to hydrolysis) is 1. The van der Waals surface area contributed by atoms with E-state index < -0.39 is 12.1 Å². The second kappa shape index (κ2) is 12.2. The van der Waals surface area contributed by atoms with Crippen LogP contribution >= 0.6 is 0 Å². The van der Waals surface area contributed by atoms with E-state index in [1.54, 1.807) is 4.90 Å². The van der Waals surface area contributed by atoms with Gasteiger partial charge in [-0.3, -0.25) is 9.59 Å². The average Bonchev–Trinajstić information content (AvgIpc) is 3.15. The van der Waals surface area contributed by atoms with Gasteiger partial charge in [0, 0.05) is 37.9 Å². The highest BCUT2D eigenvalue weighted by atomic mass is 16.5. The van der Waals surface area contributed by atoms with Crippen molar-refractivity contribution in [2.24, 2.45) is 0 Å². The standard InChI is InChI=1S/C27H34N2O5/c1-3-29(17-9-8-14-26(31)32)25(30)16-15-19(2)28-27(33)34-18-24-22-12-6-4-10-20(22)21-11-5-7-13-23(21)24/h4-7,10-13,19,24H,3,8-9,14-18H2,1-2H3,(H,28,33)(H,31,32). The minimum Gasteiger partial charge on any atom is -0.481 e. The summed E-state index contributed by atoms with van der Waals surface area (Å²) < 4.78 is 5.58. The summed E-state index contributed by atoms with van der Waals surface area (Å²) in [5, 5.41) is 11.6. The van der Waals surface area contributed by atoms with Crippen LogP contribution in [0, 0.1) is 0 Å². The number of ether oxygens (including phenoxy) is 1. The minimum absolute atomic E-state index is 0.00859. The van der Waals surface area contributed by atoms with E-state index in [4.69, 9.17) is 9.84 Å². The molecule has 0 aliphatic heterocycles. The first-order valence-corrected chi connectivity index (χ1v) is 12.0. The molecular weight excluding hydrogens is 432 g/mol. The number of hydrogen-bond donors (Lipinski definition) is 2. The number of nitrogens with one attached hydrogen (secondary N) is 1. The molecule has 0 spiro atoms. The number of amides is 2. The van der Waals surface area contributed by atoms with E-state index in [2.05, 4.69) is 29.6 Å². The van der Waals surface area contributed by atoms with Crippen molar-refractivity contribution in [2.45, 2.75) is 57.9 Å². The van der Waals surface area contributed by atoms with Crippen LogP contribution in [-0.4, -0.2) is 53.7 Å². The van der Waals surface area contributed by atoms with Crippen LogP contribution in [0.25, 0.3) is 11.1 Å². The molecule has 2 N–H and O–H groups in total. The molecule has 3 rings (SSSR count). The van der Waals surface area contributed by atoms with Crippen molar-refractivity contribution in [1.82, 2.24) is 10.2 Å². The summed E-state index contributed by atoms with van der Waals surface area (Å²) >= 11 is 0. The lowest BCUT2D eigenvalue weighted by Crippen LogP contribution is -2.36. The fraction of sp³-hybridized carbons (Fsp3) is 0.444. The summed E-state index contributed by atoms with van der Waals surface area (Å²) in [6.45, 7) is 5.16. The molecule has 0 saturated carbocycles. The number of unbranched alkanes of at least 4 members (excludes halogenated alkanes) is 1. The first kappa shape index (κ1) is 25.3. The van der Waals surface area contributed by atoms with E-state index in [1.807, 2.05) is 38.1 Å². The van der Waals surface area contributed by atoms with Crippen molar-refractivity contribution < 1.29 is 24.2 Å². The summed E-state index contributed by atoms with van der Waals surface area (Å²) in [6.07, 6.45) is 1.68. The smallest absolute Gasteiger partial charge is 0.407 e. The van der Waals surface area contributed by atoms with E-state index in [-0.39, 0.29) is 30.9 Å². The van der Waals surface area contributed by atoms with Gasteiger partial charge in [0.2, 0.25) is 5.91 Å². The maximum Gasteiger partial charge on any atom is 0.407 e. The number of carboxylic acid groups (broad SMARTS) is 1. The van der Waals surface area contributed by atoms with Crippen LogP contribution in [-0.2, 0) is 14.3 Å². The monoisotopic (exact) mass is 466 g/mol. The van der Waals surface area contributed by atoms with Gasteiger partial charge < -0.3 is 20.1 Å². The highest BCUT2D eigenvalue weighted by Crippen LogP contribution is 2.44. The molecule has 1 aliphatic carbocycles. The SMILES string of the molecule is CCN(CCCCC(=O)O)C(=O)CCC(C)NC(=O)OCC1c2ccccc2-c2ccccc21.